The van der Waals surface area contributed by atoms with Crippen LogP contribution in [0.4, 0.5) is 4.39 Å². The predicted octanol–water partition coefficient (Wildman–Crippen LogP) is 2.43. The lowest BCUT2D eigenvalue weighted by molar-refractivity contribution is 0.0731. The van der Waals surface area contributed by atoms with Crippen LogP contribution in [0.15, 0.2) is 53.4 Å². The van der Waals surface area contributed by atoms with Crippen LogP contribution in [-0.2, 0) is 16.4 Å². The van der Waals surface area contributed by atoms with Gasteiger partial charge in [0.05, 0.1) is 4.90 Å². The fourth-order valence-electron chi connectivity index (χ4n) is 2.47. The van der Waals surface area contributed by atoms with E-state index in [1.54, 1.807) is 29.2 Å². The van der Waals surface area contributed by atoms with Gasteiger partial charge in [-0.3, -0.25) is 4.79 Å². The minimum Gasteiger partial charge on any atom is -0.333 e. The molecule has 7 heteroatoms. The molecule has 26 heavy (non-hydrogen) atoms. The summed E-state index contributed by atoms with van der Waals surface area (Å²) in [6.07, 6.45) is 1.10. The Morgan fingerprint density at radius 3 is 2.35 bits per heavy atom. The molecule has 0 fully saturated rings. The quantitative estimate of drug-likeness (QED) is 0.743. The van der Waals surface area contributed by atoms with Gasteiger partial charge in [-0.15, -0.1) is 0 Å². The summed E-state index contributed by atoms with van der Waals surface area (Å²) in [4.78, 5) is 16.6. The number of carbonyl (C=O) groups excluding carboxylic acids is 1. The number of halogens is 1. The molecule has 0 unspecified atom stereocenters. The monoisotopic (exact) mass is 378 g/mol. The lowest BCUT2D eigenvalue weighted by Gasteiger charge is -2.25. The number of hydrogen-bond acceptors (Lipinski definition) is 4. The van der Waals surface area contributed by atoms with E-state index in [1.165, 1.54) is 24.3 Å². The number of amides is 1. The van der Waals surface area contributed by atoms with Crippen LogP contribution in [-0.4, -0.2) is 57.6 Å². The number of rotatable bonds is 7. The molecule has 0 saturated heterocycles. The molecule has 0 N–H and O–H groups in total. The Kier molecular flexibility index (Phi) is 6.50. The Hall–Kier alpha value is -2.25. The molecule has 1 amide bonds. The molecule has 0 atom stereocenters. The number of sulfone groups is 1. The fraction of sp³-hybridized carbons (Fsp3) is 0.316. The second kappa shape index (κ2) is 8.42. The highest BCUT2D eigenvalue weighted by Gasteiger charge is 2.18. The molecule has 0 bridgehead atoms. The summed E-state index contributed by atoms with van der Waals surface area (Å²) >= 11 is 0. The minimum atomic E-state index is -3.40. The SMILES string of the molecule is CN(C)CCN(Cc1cccc(F)c1)C(=O)c1cccc(S(C)(=O)=O)c1. The topological polar surface area (TPSA) is 57.7 Å². The molecule has 0 aromatic heterocycles. The Morgan fingerprint density at radius 2 is 1.73 bits per heavy atom. The molecule has 0 aliphatic heterocycles. The normalized spacial score (nSPS) is 11.6. The van der Waals surface area contributed by atoms with E-state index in [2.05, 4.69) is 0 Å². The Labute approximate surface area is 154 Å². The van der Waals surface area contributed by atoms with E-state index < -0.39 is 9.84 Å². The van der Waals surface area contributed by atoms with Gasteiger partial charge in [-0.2, -0.15) is 0 Å². The molecule has 0 aliphatic rings. The van der Waals surface area contributed by atoms with E-state index in [1.807, 2.05) is 19.0 Å². The molecule has 0 aliphatic carbocycles. The van der Waals surface area contributed by atoms with Gasteiger partial charge in [0.25, 0.3) is 5.91 Å². The molecule has 2 aromatic rings. The standard InChI is InChI=1S/C19H23FN2O3S/c1-21(2)10-11-22(14-15-6-4-8-17(20)12-15)19(23)16-7-5-9-18(13-16)26(3,24)25/h4-9,12-13H,10-11,14H2,1-3H3. The third kappa shape index (κ3) is 5.64. The second-order valence-electron chi connectivity index (χ2n) is 6.46. The summed E-state index contributed by atoms with van der Waals surface area (Å²) < 4.78 is 37.0. The summed E-state index contributed by atoms with van der Waals surface area (Å²) in [6, 6.07) is 12.1. The van der Waals surface area contributed by atoms with Crippen LogP contribution in [0.1, 0.15) is 15.9 Å². The lowest BCUT2D eigenvalue weighted by Crippen LogP contribution is -2.36. The molecule has 0 heterocycles. The highest BCUT2D eigenvalue weighted by Crippen LogP contribution is 2.15. The van der Waals surface area contributed by atoms with Crippen molar-refractivity contribution < 1.29 is 17.6 Å². The number of hydrogen-bond donors (Lipinski definition) is 0. The number of carbonyl (C=O) groups is 1. The van der Waals surface area contributed by atoms with E-state index in [-0.39, 0.29) is 23.2 Å². The van der Waals surface area contributed by atoms with E-state index >= 15 is 0 Å². The van der Waals surface area contributed by atoms with Crippen LogP contribution in [0.5, 0.6) is 0 Å². The zero-order chi connectivity index (χ0) is 19.3. The van der Waals surface area contributed by atoms with Crippen molar-refractivity contribution in [1.82, 2.24) is 9.80 Å². The van der Waals surface area contributed by atoms with Crippen molar-refractivity contribution >= 4 is 15.7 Å². The number of benzene rings is 2. The summed E-state index contributed by atoms with van der Waals surface area (Å²) in [5, 5.41) is 0. The molecule has 140 valence electrons. The molecule has 0 radical (unpaired) electrons. The first kappa shape index (κ1) is 20.1. The zero-order valence-corrected chi connectivity index (χ0v) is 16.0. The molecule has 0 spiro atoms. The van der Waals surface area contributed by atoms with Gasteiger partial charge < -0.3 is 9.80 Å². The van der Waals surface area contributed by atoms with E-state index in [0.717, 1.165) is 6.26 Å². The van der Waals surface area contributed by atoms with Crippen LogP contribution in [0.25, 0.3) is 0 Å². The van der Waals surface area contributed by atoms with Crippen LogP contribution in [0.2, 0.25) is 0 Å². The Morgan fingerprint density at radius 1 is 1.04 bits per heavy atom. The van der Waals surface area contributed by atoms with E-state index in [0.29, 0.717) is 24.2 Å². The van der Waals surface area contributed by atoms with Gasteiger partial charge in [0.1, 0.15) is 5.82 Å². The maximum atomic E-state index is 13.5. The molecule has 5 nitrogen and oxygen atoms in total. The first-order valence-electron chi connectivity index (χ1n) is 8.15. The first-order valence-corrected chi connectivity index (χ1v) is 10.0. The third-order valence-electron chi connectivity index (χ3n) is 3.88. The Balaban J connectivity index is 2.30. The van der Waals surface area contributed by atoms with Crippen LogP contribution in [0, 0.1) is 5.82 Å². The Bertz CT molecular complexity index is 882. The van der Waals surface area contributed by atoms with Crippen LogP contribution in [0.3, 0.4) is 0 Å². The molecule has 2 rings (SSSR count). The van der Waals surface area contributed by atoms with E-state index in [9.17, 15) is 17.6 Å². The second-order valence-corrected chi connectivity index (χ2v) is 8.48. The zero-order valence-electron chi connectivity index (χ0n) is 15.1. The summed E-state index contributed by atoms with van der Waals surface area (Å²) in [5.41, 5.74) is 0.972. The fourth-order valence-corrected chi connectivity index (χ4v) is 3.14. The van der Waals surface area contributed by atoms with Crippen molar-refractivity contribution in [3.05, 3.63) is 65.5 Å². The van der Waals surface area contributed by atoms with Gasteiger partial charge in [-0.25, -0.2) is 12.8 Å². The number of likely N-dealkylation sites (N-methyl/N-ethyl adjacent to an activating group) is 1. The van der Waals surface area contributed by atoms with Crippen molar-refractivity contribution in [2.45, 2.75) is 11.4 Å². The van der Waals surface area contributed by atoms with Crippen molar-refractivity contribution in [3.8, 4) is 0 Å². The average Bonchev–Trinajstić information content (AvgIpc) is 2.57. The number of nitrogens with zero attached hydrogens (tertiary/aromatic N) is 2. The summed E-state index contributed by atoms with van der Waals surface area (Å²) in [5.74, 6) is -0.650. The summed E-state index contributed by atoms with van der Waals surface area (Å²) in [7, 11) is 0.393. The van der Waals surface area contributed by atoms with Gasteiger partial charge in [-0.1, -0.05) is 18.2 Å². The minimum absolute atomic E-state index is 0.0988. The van der Waals surface area contributed by atoms with Gasteiger partial charge in [0.15, 0.2) is 9.84 Å². The van der Waals surface area contributed by atoms with Gasteiger partial charge in [0, 0.05) is 31.5 Å². The summed E-state index contributed by atoms with van der Waals surface area (Å²) in [6.45, 7) is 1.31. The highest BCUT2D eigenvalue weighted by molar-refractivity contribution is 7.90. The largest absolute Gasteiger partial charge is 0.333 e. The van der Waals surface area contributed by atoms with Gasteiger partial charge in [-0.05, 0) is 50.0 Å². The molecular formula is C19H23FN2O3S. The molecule has 2 aromatic carbocycles. The van der Waals surface area contributed by atoms with Crippen molar-refractivity contribution in [1.29, 1.82) is 0 Å². The van der Waals surface area contributed by atoms with Gasteiger partial charge >= 0.3 is 0 Å². The maximum absolute atomic E-state index is 13.5. The third-order valence-corrected chi connectivity index (χ3v) is 4.99. The predicted molar refractivity (Wildman–Crippen MR) is 99.2 cm³/mol. The average molecular weight is 378 g/mol. The highest BCUT2D eigenvalue weighted by atomic mass is 32.2. The lowest BCUT2D eigenvalue weighted by atomic mass is 10.1. The van der Waals surface area contributed by atoms with Crippen molar-refractivity contribution in [2.24, 2.45) is 0 Å². The smallest absolute Gasteiger partial charge is 0.254 e. The first-order chi connectivity index (χ1) is 12.2. The van der Waals surface area contributed by atoms with Crippen molar-refractivity contribution in [2.75, 3.05) is 33.4 Å². The molecular weight excluding hydrogens is 355 g/mol. The van der Waals surface area contributed by atoms with E-state index in [4.69, 9.17) is 0 Å². The van der Waals surface area contributed by atoms with Crippen LogP contribution >= 0.6 is 0 Å². The molecule has 0 saturated carbocycles. The van der Waals surface area contributed by atoms with Gasteiger partial charge in [0.2, 0.25) is 0 Å². The van der Waals surface area contributed by atoms with Crippen molar-refractivity contribution in [3.63, 3.8) is 0 Å². The van der Waals surface area contributed by atoms with Crippen LogP contribution < -0.4 is 0 Å². The maximum Gasteiger partial charge on any atom is 0.254 e.